The highest BCUT2D eigenvalue weighted by molar-refractivity contribution is 6.31. The van der Waals surface area contributed by atoms with Gasteiger partial charge in [0.15, 0.2) is 0 Å². The highest BCUT2D eigenvalue weighted by Crippen LogP contribution is 2.25. The maximum absolute atomic E-state index is 6.55. The Morgan fingerprint density at radius 1 is 1.33 bits per heavy atom. The molecule has 1 unspecified atom stereocenters. The molecule has 2 rings (SSSR count). The van der Waals surface area contributed by atoms with Crippen molar-refractivity contribution in [2.45, 2.75) is 65.6 Å². The van der Waals surface area contributed by atoms with E-state index in [-0.39, 0.29) is 5.54 Å². The molecule has 0 aliphatic carbocycles. The number of nitrogens with zero attached hydrogens (tertiary/aromatic N) is 3. The fraction of sp³-hybridized carbons (Fsp3) is 0.812. The first-order chi connectivity index (χ1) is 10.0. The van der Waals surface area contributed by atoms with Crippen LogP contribution in [0.5, 0.6) is 0 Å². The Kier molecular flexibility index (Phi) is 5.69. The summed E-state index contributed by atoms with van der Waals surface area (Å²) in [7, 11) is 0. The van der Waals surface area contributed by atoms with Crippen LogP contribution in [0.2, 0.25) is 5.02 Å². The molecule has 0 spiro atoms. The van der Waals surface area contributed by atoms with Gasteiger partial charge >= 0.3 is 0 Å². The maximum Gasteiger partial charge on any atom is 0.0863 e. The first-order valence-corrected chi connectivity index (χ1v) is 8.62. The Hall–Kier alpha value is -0.580. The average Bonchev–Trinajstić information content (AvgIpc) is 2.66. The Morgan fingerprint density at radius 3 is 2.71 bits per heavy atom. The molecule has 21 heavy (non-hydrogen) atoms. The van der Waals surface area contributed by atoms with E-state index in [4.69, 9.17) is 11.6 Å². The van der Waals surface area contributed by atoms with Crippen LogP contribution < -0.4 is 5.32 Å². The molecule has 0 aromatic carbocycles. The van der Waals surface area contributed by atoms with Gasteiger partial charge in [-0.25, -0.2) is 0 Å². The van der Waals surface area contributed by atoms with E-state index < -0.39 is 0 Å². The number of hydrogen-bond acceptors (Lipinski definition) is 3. The molecule has 5 heteroatoms. The maximum atomic E-state index is 6.55. The lowest BCUT2D eigenvalue weighted by molar-refractivity contribution is 0.204. The third kappa shape index (κ3) is 3.79. The minimum Gasteiger partial charge on any atom is -0.310 e. The standard InChI is InChI=1S/C16H29ClN4/c1-5-13-15(17)14(21(7-3)19-13)11-20-10-8-9-18-16(4,6-2)12-20/h18H,5-12H2,1-4H3. The second-order valence-electron chi connectivity index (χ2n) is 6.28. The fourth-order valence-corrected chi connectivity index (χ4v) is 3.40. The SMILES string of the molecule is CCc1nn(CC)c(CN2CCCNC(C)(CC)C2)c1Cl. The summed E-state index contributed by atoms with van der Waals surface area (Å²) in [6.07, 6.45) is 3.23. The third-order valence-corrected chi connectivity index (χ3v) is 5.06. The molecule has 1 aromatic rings. The third-order valence-electron chi connectivity index (χ3n) is 4.62. The van der Waals surface area contributed by atoms with E-state index in [0.717, 1.165) is 56.3 Å². The lowest BCUT2D eigenvalue weighted by atomic mass is 9.98. The van der Waals surface area contributed by atoms with Crippen LogP contribution in [0.4, 0.5) is 0 Å². The number of aromatic nitrogens is 2. The zero-order chi connectivity index (χ0) is 15.5. The van der Waals surface area contributed by atoms with Crippen molar-refractivity contribution in [2.75, 3.05) is 19.6 Å². The molecule has 1 atom stereocenters. The molecule has 1 saturated heterocycles. The monoisotopic (exact) mass is 312 g/mol. The molecular formula is C16H29ClN4. The van der Waals surface area contributed by atoms with E-state index >= 15 is 0 Å². The molecule has 1 N–H and O–H groups in total. The second-order valence-corrected chi connectivity index (χ2v) is 6.66. The Morgan fingerprint density at radius 2 is 2.10 bits per heavy atom. The number of hydrogen-bond donors (Lipinski definition) is 1. The molecule has 1 aliphatic heterocycles. The number of halogens is 1. The van der Waals surface area contributed by atoms with Crippen molar-refractivity contribution in [1.29, 1.82) is 0 Å². The van der Waals surface area contributed by atoms with E-state index in [0.29, 0.717) is 0 Å². The zero-order valence-electron chi connectivity index (χ0n) is 13.9. The minimum absolute atomic E-state index is 0.202. The van der Waals surface area contributed by atoms with Gasteiger partial charge in [0.05, 0.1) is 16.4 Å². The number of rotatable bonds is 5. The van der Waals surface area contributed by atoms with Crippen LogP contribution in [0.1, 0.15) is 51.9 Å². The molecule has 0 bridgehead atoms. The van der Waals surface area contributed by atoms with Gasteiger partial charge in [-0.15, -0.1) is 0 Å². The number of nitrogens with one attached hydrogen (secondary N) is 1. The summed E-state index contributed by atoms with van der Waals surface area (Å²) in [4.78, 5) is 2.53. The first-order valence-electron chi connectivity index (χ1n) is 8.24. The smallest absolute Gasteiger partial charge is 0.0863 e. The molecular weight excluding hydrogens is 284 g/mol. The van der Waals surface area contributed by atoms with Crippen LogP contribution in [0.15, 0.2) is 0 Å². The van der Waals surface area contributed by atoms with Crippen LogP contribution in [-0.2, 0) is 19.5 Å². The first kappa shape index (κ1) is 16.8. The quantitative estimate of drug-likeness (QED) is 0.907. The Labute approximate surface area is 133 Å². The lowest BCUT2D eigenvalue weighted by Crippen LogP contribution is -2.48. The van der Waals surface area contributed by atoms with Gasteiger partial charge in [-0.1, -0.05) is 25.4 Å². The topological polar surface area (TPSA) is 33.1 Å². The van der Waals surface area contributed by atoms with Gasteiger partial charge in [0, 0.05) is 25.2 Å². The van der Waals surface area contributed by atoms with Gasteiger partial charge < -0.3 is 5.32 Å². The molecule has 4 nitrogen and oxygen atoms in total. The van der Waals surface area contributed by atoms with E-state index in [1.165, 1.54) is 12.1 Å². The van der Waals surface area contributed by atoms with Crippen LogP contribution in [0, 0.1) is 0 Å². The van der Waals surface area contributed by atoms with Gasteiger partial charge in [0.1, 0.15) is 0 Å². The van der Waals surface area contributed by atoms with Crippen molar-refractivity contribution in [3.05, 3.63) is 16.4 Å². The highest BCUT2D eigenvalue weighted by Gasteiger charge is 2.28. The highest BCUT2D eigenvalue weighted by atomic mass is 35.5. The van der Waals surface area contributed by atoms with Crippen molar-refractivity contribution < 1.29 is 0 Å². The summed E-state index contributed by atoms with van der Waals surface area (Å²) >= 11 is 6.55. The van der Waals surface area contributed by atoms with Gasteiger partial charge in [-0.2, -0.15) is 5.10 Å². The van der Waals surface area contributed by atoms with E-state index in [2.05, 4.69) is 47.7 Å². The second kappa shape index (κ2) is 7.12. The van der Waals surface area contributed by atoms with Crippen molar-refractivity contribution in [3.63, 3.8) is 0 Å². The van der Waals surface area contributed by atoms with Crippen molar-refractivity contribution in [2.24, 2.45) is 0 Å². The van der Waals surface area contributed by atoms with Crippen LogP contribution in [0.25, 0.3) is 0 Å². The predicted molar refractivity (Wildman–Crippen MR) is 88.9 cm³/mol. The van der Waals surface area contributed by atoms with Crippen LogP contribution >= 0.6 is 11.6 Å². The fourth-order valence-electron chi connectivity index (χ4n) is 3.07. The minimum atomic E-state index is 0.202. The van der Waals surface area contributed by atoms with Crippen LogP contribution in [-0.4, -0.2) is 39.9 Å². The Balaban J connectivity index is 2.18. The molecule has 1 fully saturated rings. The molecule has 0 amide bonds. The van der Waals surface area contributed by atoms with Crippen molar-refractivity contribution in [3.8, 4) is 0 Å². The number of aryl methyl sites for hydroxylation is 2. The summed E-state index contributed by atoms with van der Waals surface area (Å²) in [5.41, 5.74) is 2.41. The Bertz CT molecular complexity index is 471. The van der Waals surface area contributed by atoms with E-state index in [1.54, 1.807) is 0 Å². The van der Waals surface area contributed by atoms with Crippen molar-refractivity contribution >= 4 is 11.6 Å². The summed E-state index contributed by atoms with van der Waals surface area (Å²) in [5, 5.41) is 9.19. The summed E-state index contributed by atoms with van der Waals surface area (Å²) in [6, 6.07) is 0. The average molecular weight is 313 g/mol. The zero-order valence-corrected chi connectivity index (χ0v) is 14.6. The van der Waals surface area contributed by atoms with Gasteiger partial charge in [0.25, 0.3) is 0 Å². The summed E-state index contributed by atoms with van der Waals surface area (Å²) in [6.45, 7) is 13.9. The molecule has 0 saturated carbocycles. The predicted octanol–water partition coefficient (Wildman–Crippen LogP) is 3.08. The van der Waals surface area contributed by atoms with Crippen molar-refractivity contribution in [1.82, 2.24) is 20.0 Å². The van der Waals surface area contributed by atoms with Crippen LogP contribution in [0.3, 0.4) is 0 Å². The molecule has 1 aromatic heterocycles. The van der Waals surface area contributed by atoms with Gasteiger partial charge in [-0.3, -0.25) is 9.58 Å². The molecule has 1 aliphatic rings. The van der Waals surface area contributed by atoms with E-state index in [9.17, 15) is 0 Å². The molecule has 0 radical (unpaired) electrons. The van der Waals surface area contributed by atoms with Gasteiger partial charge in [0.2, 0.25) is 0 Å². The normalized spacial score (nSPS) is 24.2. The molecule has 120 valence electrons. The lowest BCUT2D eigenvalue weighted by Gasteiger charge is -2.32. The largest absolute Gasteiger partial charge is 0.310 e. The summed E-state index contributed by atoms with van der Waals surface area (Å²) < 4.78 is 2.07. The van der Waals surface area contributed by atoms with E-state index in [1.807, 2.05) is 0 Å². The van der Waals surface area contributed by atoms with Gasteiger partial charge in [-0.05, 0) is 46.2 Å². The summed E-state index contributed by atoms with van der Waals surface area (Å²) in [5.74, 6) is 0. The molecule has 2 heterocycles.